The van der Waals surface area contributed by atoms with E-state index in [1.165, 1.54) is 35.6 Å². The second-order valence-electron chi connectivity index (χ2n) is 5.47. The van der Waals surface area contributed by atoms with Crippen molar-refractivity contribution in [1.82, 2.24) is 4.90 Å². The van der Waals surface area contributed by atoms with Gasteiger partial charge in [-0.2, -0.15) is 0 Å². The molecular formula is C15H19N3O4. The standard InChI is InChI=1S/C15H19N3O4/c1-17(12-7-3-2-4-8-12)15(20)14(19)16-11-6-5-9-13(10-11)18(21)22/h5-6,9-10,12H,2-4,7-8H2,1H3,(H,16,19). The van der Waals surface area contributed by atoms with Crippen molar-refractivity contribution in [3.63, 3.8) is 0 Å². The molecule has 22 heavy (non-hydrogen) atoms. The first-order chi connectivity index (χ1) is 10.5. The number of amides is 2. The fourth-order valence-electron chi connectivity index (χ4n) is 2.68. The van der Waals surface area contributed by atoms with E-state index in [4.69, 9.17) is 0 Å². The van der Waals surface area contributed by atoms with Gasteiger partial charge in [-0.05, 0) is 18.9 Å². The van der Waals surface area contributed by atoms with Gasteiger partial charge in [0.2, 0.25) is 0 Å². The van der Waals surface area contributed by atoms with E-state index in [1.807, 2.05) is 0 Å². The molecule has 0 saturated heterocycles. The van der Waals surface area contributed by atoms with E-state index in [0.717, 1.165) is 25.7 Å². The molecule has 1 N–H and O–H groups in total. The summed E-state index contributed by atoms with van der Waals surface area (Å²) in [5.74, 6) is -1.38. The minimum absolute atomic E-state index is 0.0945. The zero-order valence-corrected chi connectivity index (χ0v) is 12.4. The third kappa shape index (κ3) is 3.81. The fraction of sp³-hybridized carbons (Fsp3) is 0.467. The van der Waals surface area contributed by atoms with Crippen LogP contribution in [0.2, 0.25) is 0 Å². The number of carbonyl (C=O) groups excluding carboxylic acids is 2. The molecule has 0 unspecified atom stereocenters. The molecule has 1 aliphatic carbocycles. The minimum atomic E-state index is -0.770. The van der Waals surface area contributed by atoms with Gasteiger partial charge < -0.3 is 10.2 Å². The first-order valence-electron chi connectivity index (χ1n) is 7.31. The number of nitro groups is 1. The lowest BCUT2D eigenvalue weighted by atomic mass is 9.94. The molecular weight excluding hydrogens is 286 g/mol. The molecule has 1 aromatic carbocycles. The van der Waals surface area contributed by atoms with Gasteiger partial charge in [0, 0.05) is 30.9 Å². The molecule has 1 aliphatic rings. The maximum absolute atomic E-state index is 12.1. The Kier molecular flexibility index (Phi) is 5.08. The van der Waals surface area contributed by atoms with E-state index in [2.05, 4.69) is 5.32 Å². The molecule has 7 nitrogen and oxygen atoms in total. The number of hydrogen-bond acceptors (Lipinski definition) is 4. The Balaban J connectivity index is 2.00. The smallest absolute Gasteiger partial charge is 0.313 e. The van der Waals surface area contributed by atoms with E-state index in [9.17, 15) is 19.7 Å². The summed E-state index contributed by atoms with van der Waals surface area (Å²) in [5, 5.41) is 13.1. The second-order valence-corrected chi connectivity index (χ2v) is 5.47. The average Bonchev–Trinajstić information content (AvgIpc) is 2.54. The summed E-state index contributed by atoms with van der Waals surface area (Å²) >= 11 is 0. The van der Waals surface area contributed by atoms with Gasteiger partial charge in [-0.3, -0.25) is 19.7 Å². The van der Waals surface area contributed by atoms with Gasteiger partial charge in [-0.25, -0.2) is 0 Å². The number of rotatable bonds is 3. The van der Waals surface area contributed by atoms with Gasteiger partial charge >= 0.3 is 11.8 Å². The third-order valence-corrected chi connectivity index (χ3v) is 3.95. The van der Waals surface area contributed by atoms with Crippen molar-refractivity contribution in [1.29, 1.82) is 0 Å². The largest absolute Gasteiger partial charge is 0.335 e. The lowest BCUT2D eigenvalue weighted by molar-refractivity contribution is -0.384. The maximum atomic E-state index is 12.1. The highest BCUT2D eigenvalue weighted by Crippen LogP contribution is 2.22. The van der Waals surface area contributed by atoms with Crippen molar-refractivity contribution in [2.24, 2.45) is 0 Å². The molecule has 2 rings (SSSR count). The van der Waals surface area contributed by atoms with E-state index in [-0.39, 0.29) is 17.4 Å². The Morgan fingerprint density at radius 1 is 1.27 bits per heavy atom. The number of nitrogens with one attached hydrogen (secondary N) is 1. The highest BCUT2D eigenvalue weighted by molar-refractivity contribution is 6.39. The average molecular weight is 305 g/mol. The van der Waals surface area contributed by atoms with Crippen LogP contribution in [0.15, 0.2) is 24.3 Å². The third-order valence-electron chi connectivity index (χ3n) is 3.95. The molecule has 0 atom stereocenters. The zero-order valence-electron chi connectivity index (χ0n) is 12.4. The number of anilines is 1. The van der Waals surface area contributed by atoms with Gasteiger partial charge in [0.1, 0.15) is 0 Å². The normalized spacial score (nSPS) is 15.1. The van der Waals surface area contributed by atoms with Crippen molar-refractivity contribution in [3.05, 3.63) is 34.4 Å². The van der Waals surface area contributed by atoms with Crippen molar-refractivity contribution in [2.75, 3.05) is 12.4 Å². The zero-order chi connectivity index (χ0) is 16.1. The highest BCUT2D eigenvalue weighted by atomic mass is 16.6. The Morgan fingerprint density at radius 3 is 2.59 bits per heavy atom. The summed E-state index contributed by atoms with van der Waals surface area (Å²) in [6.45, 7) is 0. The molecule has 0 bridgehead atoms. The SMILES string of the molecule is CN(C(=O)C(=O)Nc1cccc([N+](=O)[O-])c1)C1CCCCC1. The van der Waals surface area contributed by atoms with Crippen molar-refractivity contribution in [3.8, 4) is 0 Å². The number of benzene rings is 1. The van der Waals surface area contributed by atoms with Crippen LogP contribution in [0.25, 0.3) is 0 Å². The maximum Gasteiger partial charge on any atom is 0.313 e. The topological polar surface area (TPSA) is 92.6 Å². The number of carbonyl (C=O) groups is 2. The molecule has 7 heteroatoms. The van der Waals surface area contributed by atoms with Crippen LogP contribution in [0.3, 0.4) is 0 Å². The van der Waals surface area contributed by atoms with Gasteiger partial charge in [-0.1, -0.05) is 25.3 Å². The van der Waals surface area contributed by atoms with Crippen molar-refractivity contribution in [2.45, 2.75) is 38.1 Å². The minimum Gasteiger partial charge on any atom is -0.335 e. The summed E-state index contributed by atoms with van der Waals surface area (Å²) < 4.78 is 0. The molecule has 1 fully saturated rings. The molecule has 1 saturated carbocycles. The Bertz CT molecular complexity index is 582. The predicted molar refractivity (Wildman–Crippen MR) is 81.4 cm³/mol. The van der Waals surface area contributed by atoms with E-state index < -0.39 is 16.7 Å². The second kappa shape index (κ2) is 7.02. The lowest BCUT2D eigenvalue weighted by Gasteiger charge is -2.30. The van der Waals surface area contributed by atoms with Crippen LogP contribution in [0.4, 0.5) is 11.4 Å². The quantitative estimate of drug-likeness (QED) is 0.527. The summed E-state index contributed by atoms with van der Waals surface area (Å²) in [7, 11) is 1.63. The lowest BCUT2D eigenvalue weighted by Crippen LogP contribution is -2.44. The summed E-state index contributed by atoms with van der Waals surface area (Å²) in [6.07, 6.45) is 5.11. The van der Waals surface area contributed by atoms with Crippen LogP contribution in [0.1, 0.15) is 32.1 Å². The van der Waals surface area contributed by atoms with Crippen LogP contribution in [0.5, 0.6) is 0 Å². The molecule has 1 aromatic rings. The van der Waals surface area contributed by atoms with E-state index >= 15 is 0 Å². The van der Waals surface area contributed by atoms with Crippen LogP contribution in [-0.2, 0) is 9.59 Å². The number of nitrogens with zero attached hydrogens (tertiary/aromatic N) is 2. The van der Waals surface area contributed by atoms with Crippen LogP contribution in [-0.4, -0.2) is 34.7 Å². The molecule has 0 spiro atoms. The molecule has 0 heterocycles. The fourth-order valence-corrected chi connectivity index (χ4v) is 2.68. The number of nitro benzene ring substituents is 1. The summed E-state index contributed by atoms with van der Waals surface area (Å²) in [5.41, 5.74) is 0.107. The number of non-ortho nitro benzene ring substituents is 1. The van der Waals surface area contributed by atoms with Gasteiger partial charge in [0.25, 0.3) is 5.69 Å². The highest BCUT2D eigenvalue weighted by Gasteiger charge is 2.26. The predicted octanol–water partition coefficient (Wildman–Crippen LogP) is 2.32. The molecule has 0 radical (unpaired) electrons. The molecule has 2 amide bonds. The Morgan fingerprint density at radius 2 is 1.95 bits per heavy atom. The van der Waals surface area contributed by atoms with Crippen LogP contribution >= 0.6 is 0 Å². The van der Waals surface area contributed by atoms with Gasteiger partial charge in [-0.15, -0.1) is 0 Å². The summed E-state index contributed by atoms with van der Waals surface area (Å²) in [6, 6.07) is 5.62. The van der Waals surface area contributed by atoms with E-state index in [0.29, 0.717) is 0 Å². The summed E-state index contributed by atoms with van der Waals surface area (Å²) in [4.78, 5) is 35.8. The molecule has 118 valence electrons. The number of hydrogen-bond donors (Lipinski definition) is 1. The van der Waals surface area contributed by atoms with Gasteiger partial charge in [0.05, 0.1) is 4.92 Å². The first kappa shape index (κ1) is 15.9. The molecule has 0 aromatic heterocycles. The number of likely N-dealkylation sites (N-methyl/N-ethyl adjacent to an activating group) is 1. The van der Waals surface area contributed by atoms with Crippen molar-refractivity contribution >= 4 is 23.2 Å². The van der Waals surface area contributed by atoms with Crippen molar-refractivity contribution < 1.29 is 14.5 Å². The van der Waals surface area contributed by atoms with Gasteiger partial charge in [0.15, 0.2) is 0 Å². The van der Waals surface area contributed by atoms with E-state index in [1.54, 1.807) is 7.05 Å². The molecule has 0 aliphatic heterocycles. The van der Waals surface area contributed by atoms with Crippen LogP contribution < -0.4 is 5.32 Å². The first-order valence-corrected chi connectivity index (χ1v) is 7.31. The monoisotopic (exact) mass is 305 g/mol. The Labute approximate surface area is 128 Å². The van der Waals surface area contributed by atoms with Crippen LogP contribution in [0, 0.1) is 10.1 Å². The Hall–Kier alpha value is -2.44.